The van der Waals surface area contributed by atoms with E-state index in [9.17, 15) is 4.79 Å². The van der Waals surface area contributed by atoms with E-state index in [0.717, 1.165) is 29.4 Å². The first kappa shape index (κ1) is 18.9. The predicted molar refractivity (Wildman–Crippen MR) is 110 cm³/mol. The predicted octanol–water partition coefficient (Wildman–Crippen LogP) is 3.20. The molecule has 1 saturated heterocycles. The van der Waals surface area contributed by atoms with Gasteiger partial charge in [0.25, 0.3) is 0 Å². The Labute approximate surface area is 168 Å². The van der Waals surface area contributed by atoms with E-state index in [1.54, 1.807) is 17.3 Å². The number of piperidine rings is 1. The van der Waals surface area contributed by atoms with Crippen LogP contribution in [0.4, 0.5) is 22.2 Å². The van der Waals surface area contributed by atoms with Crippen LogP contribution in [-0.4, -0.2) is 56.9 Å². The van der Waals surface area contributed by atoms with E-state index in [1.165, 1.54) is 0 Å². The minimum Gasteiger partial charge on any atom is -0.450 e. The molecule has 4 rings (SSSR count). The van der Waals surface area contributed by atoms with Crippen molar-refractivity contribution in [2.24, 2.45) is 0 Å². The minimum absolute atomic E-state index is 0.212. The second-order valence-electron chi connectivity index (χ2n) is 6.78. The first-order valence-corrected chi connectivity index (χ1v) is 9.71. The third-order valence-electron chi connectivity index (χ3n) is 4.81. The van der Waals surface area contributed by atoms with Gasteiger partial charge in [-0.1, -0.05) is 18.2 Å². The van der Waals surface area contributed by atoms with Gasteiger partial charge in [0.1, 0.15) is 0 Å². The van der Waals surface area contributed by atoms with Gasteiger partial charge in [0.2, 0.25) is 5.95 Å². The fraction of sp³-hybridized carbons (Fsp3) is 0.350. The van der Waals surface area contributed by atoms with Crippen LogP contribution in [0, 0.1) is 0 Å². The number of rotatable bonds is 5. The second-order valence-corrected chi connectivity index (χ2v) is 6.78. The van der Waals surface area contributed by atoms with Crippen LogP contribution in [0.2, 0.25) is 0 Å². The molecule has 3 aromatic rings. The molecule has 0 radical (unpaired) electrons. The average molecular weight is 393 g/mol. The molecule has 3 heterocycles. The summed E-state index contributed by atoms with van der Waals surface area (Å²) in [6, 6.07) is 10.0. The largest absolute Gasteiger partial charge is 0.450 e. The molecule has 2 N–H and O–H groups in total. The molecule has 2 aromatic heterocycles. The minimum atomic E-state index is -0.246. The fourth-order valence-corrected chi connectivity index (χ4v) is 3.38. The molecule has 0 atom stereocenters. The van der Waals surface area contributed by atoms with E-state index >= 15 is 0 Å². The highest BCUT2D eigenvalue weighted by atomic mass is 16.6. The van der Waals surface area contributed by atoms with Crippen LogP contribution in [-0.2, 0) is 4.74 Å². The number of carbonyl (C=O) groups excluding carboxylic acids is 1. The third kappa shape index (κ3) is 4.50. The Morgan fingerprint density at radius 3 is 2.90 bits per heavy atom. The summed E-state index contributed by atoms with van der Waals surface area (Å²) in [6.45, 7) is 3.52. The van der Waals surface area contributed by atoms with Gasteiger partial charge < -0.3 is 20.3 Å². The number of fused-ring (bicyclic) bond motifs is 1. The van der Waals surface area contributed by atoms with Crippen molar-refractivity contribution < 1.29 is 9.53 Å². The number of pyridine rings is 1. The zero-order chi connectivity index (χ0) is 20.1. The number of likely N-dealkylation sites (tertiary alicyclic amines) is 1. The molecule has 29 heavy (non-hydrogen) atoms. The topological polar surface area (TPSA) is 105 Å². The molecule has 0 aliphatic carbocycles. The van der Waals surface area contributed by atoms with E-state index in [1.807, 2.05) is 37.3 Å². The summed E-state index contributed by atoms with van der Waals surface area (Å²) in [4.78, 5) is 22.5. The molecule has 0 unspecified atom stereocenters. The third-order valence-corrected chi connectivity index (χ3v) is 4.81. The highest BCUT2D eigenvalue weighted by Gasteiger charge is 2.23. The molecule has 150 valence electrons. The molecule has 9 heteroatoms. The molecular formula is C20H23N7O2. The van der Waals surface area contributed by atoms with Gasteiger partial charge in [0.05, 0.1) is 24.0 Å². The number of para-hydroxylation sites is 1. The summed E-state index contributed by atoms with van der Waals surface area (Å²) in [6.07, 6.45) is 4.75. The van der Waals surface area contributed by atoms with Gasteiger partial charge in [-0.05, 0) is 31.9 Å². The maximum absolute atomic E-state index is 11.8. The van der Waals surface area contributed by atoms with Crippen LogP contribution in [0.3, 0.4) is 0 Å². The van der Waals surface area contributed by atoms with Gasteiger partial charge in [0.15, 0.2) is 5.82 Å². The molecule has 1 amide bonds. The van der Waals surface area contributed by atoms with E-state index in [4.69, 9.17) is 4.74 Å². The van der Waals surface area contributed by atoms with Crippen molar-refractivity contribution in [3.05, 3.63) is 42.7 Å². The van der Waals surface area contributed by atoms with Crippen LogP contribution < -0.4 is 10.6 Å². The number of amides is 1. The molecule has 1 fully saturated rings. The van der Waals surface area contributed by atoms with Gasteiger partial charge in [-0.2, -0.15) is 10.1 Å². The Morgan fingerprint density at radius 2 is 2.07 bits per heavy atom. The van der Waals surface area contributed by atoms with Crippen LogP contribution in [0.25, 0.3) is 10.9 Å². The lowest BCUT2D eigenvalue weighted by Crippen LogP contribution is -2.42. The monoisotopic (exact) mass is 393 g/mol. The molecular weight excluding hydrogens is 370 g/mol. The van der Waals surface area contributed by atoms with Crippen LogP contribution in [0.1, 0.15) is 19.8 Å². The van der Waals surface area contributed by atoms with Crippen molar-refractivity contribution in [2.75, 3.05) is 30.3 Å². The molecule has 1 aromatic carbocycles. The number of hydrogen-bond acceptors (Lipinski definition) is 8. The SMILES string of the molecule is CCOC(=O)N1CCC(Nc2cnnc(Nc3cccc4cccnc34)n2)CC1. The fourth-order valence-electron chi connectivity index (χ4n) is 3.38. The Hall–Kier alpha value is -3.49. The van der Waals surface area contributed by atoms with Gasteiger partial charge in [-0.15, -0.1) is 5.10 Å². The number of benzene rings is 1. The van der Waals surface area contributed by atoms with Crippen molar-refractivity contribution in [2.45, 2.75) is 25.8 Å². The van der Waals surface area contributed by atoms with Gasteiger partial charge in [-0.25, -0.2) is 4.79 Å². The van der Waals surface area contributed by atoms with Gasteiger partial charge in [0, 0.05) is 30.7 Å². The van der Waals surface area contributed by atoms with E-state index < -0.39 is 0 Å². The Balaban J connectivity index is 1.40. The lowest BCUT2D eigenvalue weighted by atomic mass is 10.1. The number of aromatic nitrogens is 4. The first-order chi connectivity index (χ1) is 14.2. The smallest absolute Gasteiger partial charge is 0.409 e. The summed E-state index contributed by atoms with van der Waals surface area (Å²) < 4.78 is 5.06. The molecule has 1 aliphatic rings. The number of ether oxygens (including phenoxy) is 1. The van der Waals surface area contributed by atoms with E-state index in [-0.39, 0.29) is 12.1 Å². The number of hydrogen-bond donors (Lipinski definition) is 2. The van der Waals surface area contributed by atoms with E-state index in [0.29, 0.717) is 31.5 Å². The maximum Gasteiger partial charge on any atom is 0.409 e. The molecule has 0 spiro atoms. The molecule has 9 nitrogen and oxygen atoms in total. The summed E-state index contributed by atoms with van der Waals surface area (Å²) in [5.41, 5.74) is 1.67. The van der Waals surface area contributed by atoms with Crippen molar-refractivity contribution >= 4 is 34.4 Å². The van der Waals surface area contributed by atoms with Crippen LogP contribution in [0.5, 0.6) is 0 Å². The second kappa shape index (κ2) is 8.68. The number of anilines is 3. The Morgan fingerprint density at radius 1 is 1.24 bits per heavy atom. The zero-order valence-electron chi connectivity index (χ0n) is 16.2. The van der Waals surface area contributed by atoms with E-state index in [2.05, 4.69) is 30.8 Å². The lowest BCUT2D eigenvalue weighted by molar-refractivity contribution is 0.0983. The Bertz CT molecular complexity index is 984. The lowest BCUT2D eigenvalue weighted by Gasteiger charge is -2.31. The summed E-state index contributed by atoms with van der Waals surface area (Å²) in [7, 11) is 0. The van der Waals surface area contributed by atoms with Gasteiger partial charge >= 0.3 is 6.09 Å². The average Bonchev–Trinajstić information content (AvgIpc) is 2.75. The summed E-state index contributed by atoms with van der Waals surface area (Å²) in [5, 5.41) is 15.8. The van der Waals surface area contributed by atoms with Gasteiger partial charge in [-0.3, -0.25) is 4.98 Å². The van der Waals surface area contributed by atoms with Crippen molar-refractivity contribution in [3.63, 3.8) is 0 Å². The summed E-state index contributed by atoms with van der Waals surface area (Å²) in [5.74, 6) is 1.04. The normalized spacial score (nSPS) is 14.6. The molecule has 0 saturated carbocycles. The number of nitrogens with one attached hydrogen (secondary N) is 2. The standard InChI is InChI=1S/C20H23N7O2/c1-2-29-20(28)27-11-8-15(9-12-27)23-17-13-22-26-19(25-17)24-16-7-3-5-14-6-4-10-21-18(14)16/h3-7,10,13,15H,2,8-9,11-12H2,1H3,(H2,23,24,25,26). The van der Waals surface area contributed by atoms with Crippen molar-refractivity contribution in [1.82, 2.24) is 25.1 Å². The first-order valence-electron chi connectivity index (χ1n) is 9.71. The number of carbonyl (C=O) groups is 1. The Kier molecular flexibility index (Phi) is 5.64. The maximum atomic E-state index is 11.8. The highest BCUT2D eigenvalue weighted by Crippen LogP contribution is 2.23. The molecule has 0 bridgehead atoms. The van der Waals surface area contributed by atoms with Crippen LogP contribution >= 0.6 is 0 Å². The number of nitrogens with zero attached hydrogens (tertiary/aromatic N) is 5. The van der Waals surface area contributed by atoms with Crippen molar-refractivity contribution in [1.29, 1.82) is 0 Å². The van der Waals surface area contributed by atoms with Crippen molar-refractivity contribution in [3.8, 4) is 0 Å². The zero-order valence-corrected chi connectivity index (χ0v) is 16.2. The molecule has 1 aliphatic heterocycles. The highest BCUT2D eigenvalue weighted by molar-refractivity contribution is 5.91. The summed E-state index contributed by atoms with van der Waals surface area (Å²) >= 11 is 0. The quantitative estimate of drug-likeness (QED) is 0.681. The van der Waals surface area contributed by atoms with Crippen LogP contribution in [0.15, 0.2) is 42.7 Å².